The van der Waals surface area contributed by atoms with E-state index < -0.39 is 11.6 Å². The minimum absolute atomic E-state index is 0.183. The maximum Gasteiger partial charge on any atom is 0.166 e. The van der Waals surface area contributed by atoms with E-state index >= 15 is 0 Å². The normalized spacial score (nSPS) is 16.4. The summed E-state index contributed by atoms with van der Waals surface area (Å²) >= 11 is 0. The number of carbonyl (C=O) groups excluding carboxylic acids is 1. The second-order valence-corrected chi connectivity index (χ2v) is 4.79. The molecule has 0 atom stereocenters. The van der Waals surface area contributed by atoms with E-state index in [-0.39, 0.29) is 29.4 Å². The van der Waals surface area contributed by atoms with Crippen LogP contribution in [0, 0.1) is 17.6 Å². The predicted octanol–water partition coefficient (Wildman–Crippen LogP) is 2.55. The lowest BCUT2D eigenvalue weighted by Crippen LogP contribution is -2.29. The number of Topliss-reactive ketones (excluding diaryl/α,β-unsaturated/α-hetero) is 1. The van der Waals surface area contributed by atoms with Crippen LogP contribution < -0.4 is 10.1 Å². The molecule has 1 aliphatic rings. The van der Waals surface area contributed by atoms with Crippen LogP contribution in [0.4, 0.5) is 8.78 Å². The molecular weight excluding hydrogens is 252 g/mol. The molecule has 0 unspecified atom stereocenters. The molecule has 0 spiro atoms. The van der Waals surface area contributed by atoms with Crippen LogP contribution in [0.25, 0.3) is 0 Å². The van der Waals surface area contributed by atoms with Crippen LogP contribution >= 0.6 is 0 Å². The summed E-state index contributed by atoms with van der Waals surface area (Å²) in [6, 6.07) is 1.85. The van der Waals surface area contributed by atoms with E-state index in [0.717, 1.165) is 38.1 Å². The number of halogens is 2. The minimum atomic E-state index is -0.725. The average molecular weight is 269 g/mol. The summed E-state index contributed by atoms with van der Waals surface area (Å²) in [4.78, 5) is 12.0. The highest BCUT2D eigenvalue weighted by molar-refractivity contribution is 5.96. The number of benzene rings is 1. The van der Waals surface area contributed by atoms with Crippen molar-refractivity contribution in [1.29, 1.82) is 0 Å². The first-order valence-corrected chi connectivity index (χ1v) is 6.38. The predicted molar refractivity (Wildman–Crippen MR) is 67.5 cm³/mol. The van der Waals surface area contributed by atoms with Gasteiger partial charge in [0.2, 0.25) is 0 Å². The number of ketones is 1. The molecule has 1 aliphatic heterocycles. The third-order valence-electron chi connectivity index (χ3n) is 3.47. The Labute approximate surface area is 111 Å². The second-order valence-electron chi connectivity index (χ2n) is 4.79. The number of ether oxygens (including phenoxy) is 1. The molecule has 0 bridgehead atoms. The van der Waals surface area contributed by atoms with E-state index in [4.69, 9.17) is 0 Å². The molecule has 0 aliphatic carbocycles. The van der Waals surface area contributed by atoms with Crippen molar-refractivity contribution in [2.75, 3.05) is 20.2 Å². The van der Waals surface area contributed by atoms with Gasteiger partial charge in [0, 0.05) is 12.5 Å². The van der Waals surface area contributed by atoms with E-state index in [0.29, 0.717) is 0 Å². The first-order valence-electron chi connectivity index (χ1n) is 6.38. The number of nitrogens with one attached hydrogen (secondary N) is 1. The maximum absolute atomic E-state index is 13.7. The van der Waals surface area contributed by atoms with Gasteiger partial charge in [0.05, 0.1) is 12.7 Å². The van der Waals surface area contributed by atoms with Gasteiger partial charge in [0.25, 0.3) is 0 Å². The fourth-order valence-corrected chi connectivity index (χ4v) is 2.36. The van der Waals surface area contributed by atoms with Gasteiger partial charge in [-0.2, -0.15) is 0 Å². The zero-order valence-electron chi connectivity index (χ0n) is 10.8. The molecule has 2 rings (SSSR count). The number of carbonyl (C=O) groups is 1. The third-order valence-corrected chi connectivity index (χ3v) is 3.47. The van der Waals surface area contributed by atoms with Gasteiger partial charge in [-0.15, -0.1) is 0 Å². The van der Waals surface area contributed by atoms with E-state index in [1.54, 1.807) is 0 Å². The SMILES string of the molecule is COc1cc(F)c(C(=O)CC2CCNCC2)cc1F. The van der Waals surface area contributed by atoms with Gasteiger partial charge in [-0.1, -0.05) is 0 Å². The summed E-state index contributed by atoms with van der Waals surface area (Å²) in [5.41, 5.74) is -0.183. The average Bonchev–Trinajstić information content (AvgIpc) is 2.42. The molecule has 104 valence electrons. The standard InChI is InChI=1S/C14H17F2NO2/c1-19-14-8-11(15)10(7-12(14)16)13(18)6-9-2-4-17-5-3-9/h7-9,17H,2-6H2,1H3. The van der Waals surface area contributed by atoms with Gasteiger partial charge < -0.3 is 10.1 Å². The summed E-state index contributed by atoms with van der Waals surface area (Å²) in [5, 5.41) is 3.20. The van der Waals surface area contributed by atoms with Crippen LogP contribution in [0.5, 0.6) is 5.75 Å². The molecule has 5 heteroatoms. The van der Waals surface area contributed by atoms with Gasteiger partial charge in [0.15, 0.2) is 17.3 Å². The van der Waals surface area contributed by atoms with Crippen LogP contribution in [0.15, 0.2) is 12.1 Å². The fraction of sp³-hybridized carbons (Fsp3) is 0.500. The van der Waals surface area contributed by atoms with Crippen molar-refractivity contribution in [3.63, 3.8) is 0 Å². The molecule has 0 aromatic heterocycles. The first kappa shape index (κ1) is 13.9. The van der Waals surface area contributed by atoms with Crippen molar-refractivity contribution in [1.82, 2.24) is 5.32 Å². The Morgan fingerprint density at radius 3 is 2.63 bits per heavy atom. The topological polar surface area (TPSA) is 38.3 Å². The highest BCUT2D eigenvalue weighted by atomic mass is 19.1. The van der Waals surface area contributed by atoms with Crippen molar-refractivity contribution >= 4 is 5.78 Å². The number of rotatable bonds is 4. The minimum Gasteiger partial charge on any atom is -0.494 e. The molecule has 1 heterocycles. The molecule has 1 aromatic rings. The first-order chi connectivity index (χ1) is 9.11. The second kappa shape index (κ2) is 6.10. The summed E-state index contributed by atoms with van der Waals surface area (Å²) < 4.78 is 31.9. The number of piperidine rings is 1. The van der Waals surface area contributed by atoms with E-state index in [9.17, 15) is 13.6 Å². The quantitative estimate of drug-likeness (QED) is 0.854. The molecule has 0 amide bonds. The largest absolute Gasteiger partial charge is 0.494 e. The lowest BCUT2D eigenvalue weighted by Gasteiger charge is -2.21. The summed E-state index contributed by atoms with van der Waals surface area (Å²) in [6.45, 7) is 1.74. The molecule has 0 radical (unpaired) electrons. The molecule has 1 saturated heterocycles. The lowest BCUT2D eigenvalue weighted by molar-refractivity contribution is 0.0948. The summed E-state index contributed by atoms with van der Waals surface area (Å²) in [6.07, 6.45) is 2.06. The molecule has 1 fully saturated rings. The Morgan fingerprint density at radius 1 is 1.32 bits per heavy atom. The van der Waals surface area contributed by atoms with Gasteiger partial charge in [-0.25, -0.2) is 8.78 Å². The fourth-order valence-electron chi connectivity index (χ4n) is 2.36. The number of hydrogen-bond acceptors (Lipinski definition) is 3. The molecule has 1 N–H and O–H groups in total. The van der Waals surface area contributed by atoms with Crippen LogP contribution in [0.2, 0.25) is 0 Å². The highest BCUT2D eigenvalue weighted by Gasteiger charge is 2.21. The Bertz CT molecular complexity index is 471. The zero-order chi connectivity index (χ0) is 13.8. The van der Waals surface area contributed by atoms with Gasteiger partial charge in [-0.05, 0) is 37.9 Å². The third kappa shape index (κ3) is 3.29. The summed E-state index contributed by atoms with van der Waals surface area (Å²) in [5.74, 6) is -1.71. The lowest BCUT2D eigenvalue weighted by atomic mass is 9.90. The van der Waals surface area contributed by atoms with Crippen molar-refractivity contribution in [2.24, 2.45) is 5.92 Å². The van der Waals surface area contributed by atoms with Crippen molar-refractivity contribution in [3.8, 4) is 5.75 Å². The van der Waals surface area contributed by atoms with Crippen LogP contribution in [0.3, 0.4) is 0 Å². The molecular formula is C14H17F2NO2. The Balaban J connectivity index is 2.12. The maximum atomic E-state index is 13.7. The zero-order valence-corrected chi connectivity index (χ0v) is 10.8. The molecule has 0 saturated carbocycles. The van der Waals surface area contributed by atoms with Crippen LogP contribution in [-0.4, -0.2) is 26.0 Å². The van der Waals surface area contributed by atoms with E-state index in [1.165, 1.54) is 7.11 Å². The van der Waals surface area contributed by atoms with E-state index in [2.05, 4.69) is 10.1 Å². The molecule has 1 aromatic carbocycles. The van der Waals surface area contributed by atoms with E-state index in [1.807, 2.05) is 0 Å². The van der Waals surface area contributed by atoms with Gasteiger partial charge in [0.1, 0.15) is 5.82 Å². The van der Waals surface area contributed by atoms with Crippen LogP contribution in [0.1, 0.15) is 29.6 Å². The van der Waals surface area contributed by atoms with Gasteiger partial charge >= 0.3 is 0 Å². The van der Waals surface area contributed by atoms with Gasteiger partial charge in [-0.3, -0.25) is 4.79 Å². The van der Waals surface area contributed by atoms with Crippen molar-refractivity contribution < 1.29 is 18.3 Å². The Hall–Kier alpha value is -1.49. The molecule has 19 heavy (non-hydrogen) atoms. The monoisotopic (exact) mass is 269 g/mol. The number of hydrogen-bond donors (Lipinski definition) is 1. The molecule has 3 nitrogen and oxygen atoms in total. The smallest absolute Gasteiger partial charge is 0.166 e. The Morgan fingerprint density at radius 2 is 2.00 bits per heavy atom. The van der Waals surface area contributed by atoms with Crippen LogP contribution in [-0.2, 0) is 0 Å². The summed E-state index contributed by atoms with van der Waals surface area (Å²) in [7, 11) is 1.26. The Kier molecular flexibility index (Phi) is 4.47. The highest BCUT2D eigenvalue weighted by Crippen LogP contribution is 2.24. The van der Waals surface area contributed by atoms with Crippen molar-refractivity contribution in [2.45, 2.75) is 19.3 Å². The number of methoxy groups -OCH3 is 1. The van der Waals surface area contributed by atoms with Crippen molar-refractivity contribution in [3.05, 3.63) is 29.3 Å².